The molecule has 0 unspecified atom stereocenters. The van der Waals surface area contributed by atoms with E-state index in [0.717, 1.165) is 11.1 Å². The minimum atomic E-state index is -1.27. The van der Waals surface area contributed by atoms with Gasteiger partial charge in [0.05, 0.1) is 11.4 Å². The minimum absolute atomic E-state index is 0.155. The van der Waals surface area contributed by atoms with Gasteiger partial charge in [0, 0.05) is 16.9 Å². The van der Waals surface area contributed by atoms with Gasteiger partial charge in [0.1, 0.15) is 12.4 Å². The highest BCUT2D eigenvalue weighted by Crippen LogP contribution is 2.55. The summed E-state index contributed by atoms with van der Waals surface area (Å²) in [5.74, 6) is -1.16. The lowest BCUT2D eigenvalue weighted by molar-refractivity contribution is -0.124. The van der Waals surface area contributed by atoms with Crippen molar-refractivity contribution in [3.05, 3.63) is 89.2 Å². The third kappa shape index (κ3) is 3.45. The van der Waals surface area contributed by atoms with E-state index in [0.29, 0.717) is 22.6 Å². The molecule has 3 aromatic rings. The first-order chi connectivity index (χ1) is 16.3. The van der Waals surface area contributed by atoms with Crippen LogP contribution in [0.5, 0.6) is 0 Å². The van der Waals surface area contributed by atoms with Crippen LogP contribution in [0.25, 0.3) is 0 Å². The highest BCUT2D eigenvalue weighted by Gasteiger charge is 2.61. The van der Waals surface area contributed by atoms with Gasteiger partial charge in [-0.15, -0.1) is 11.8 Å². The molecule has 1 spiro atoms. The first kappa shape index (κ1) is 22.2. The number of fused-ring (bicyclic) bond motifs is 2. The number of nitrogens with zero attached hydrogens (tertiary/aromatic N) is 2. The van der Waals surface area contributed by atoms with E-state index in [4.69, 9.17) is 0 Å². The summed E-state index contributed by atoms with van der Waals surface area (Å²) in [4.78, 5) is 41.6. The van der Waals surface area contributed by atoms with Crippen molar-refractivity contribution in [3.8, 4) is 0 Å². The Hall–Kier alpha value is -3.65. The Bertz CT molecular complexity index is 1330. The van der Waals surface area contributed by atoms with E-state index in [1.54, 1.807) is 17.0 Å². The molecule has 0 aromatic heterocycles. The molecule has 0 bridgehead atoms. The number of hydrogen-bond acceptors (Lipinski definition) is 4. The number of carbonyl (C=O) groups is 3. The number of carbonyl (C=O) groups excluding carboxylic acids is 3. The molecular formula is C26H22FN3O3S. The van der Waals surface area contributed by atoms with Gasteiger partial charge >= 0.3 is 0 Å². The zero-order valence-electron chi connectivity index (χ0n) is 18.7. The smallest absolute Gasteiger partial charge is 0.269 e. The number of nitrogens with one attached hydrogen (secondary N) is 1. The number of amides is 3. The van der Waals surface area contributed by atoms with Crippen molar-refractivity contribution in [2.24, 2.45) is 0 Å². The number of benzene rings is 3. The Kier molecular flexibility index (Phi) is 5.40. The van der Waals surface area contributed by atoms with Crippen LogP contribution in [0.4, 0.5) is 21.5 Å². The predicted octanol–water partition coefficient (Wildman–Crippen LogP) is 4.36. The molecule has 0 radical (unpaired) electrons. The normalized spacial score (nSPS) is 19.1. The maximum atomic E-state index is 14.0. The summed E-state index contributed by atoms with van der Waals surface area (Å²) in [7, 11) is 0. The van der Waals surface area contributed by atoms with Gasteiger partial charge in [0.25, 0.3) is 5.91 Å². The van der Waals surface area contributed by atoms with Gasteiger partial charge in [0.2, 0.25) is 16.7 Å². The molecule has 1 fully saturated rings. The number of hydrogen-bond donors (Lipinski definition) is 1. The molecule has 2 aliphatic heterocycles. The summed E-state index contributed by atoms with van der Waals surface area (Å²) in [5.41, 5.74) is 4.48. The lowest BCUT2D eigenvalue weighted by atomic mass is 10.0. The fourth-order valence-electron chi connectivity index (χ4n) is 4.45. The molecule has 8 heteroatoms. The summed E-state index contributed by atoms with van der Waals surface area (Å²) in [6, 6.07) is 18.4. The monoisotopic (exact) mass is 475 g/mol. The summed E-state index contributed by atoms with van der Waals surface area (Å²) < 4.78 is 13.2. The lowest BCUT2D eigenvalue weighted by Gasteiger charge is -2.33. The fraction of sp³-hybridized carbons (Fsp3) is 0.192. The molecule has 1 atom stereocenters. The molecule has 5 rings (SSSR count). The molecule has 2 aliphatic rings. The van der Waals surface area contributed by atoms with Crippen LogP contribution in [0, 0.1) is 19.7 Å². The molecule has 0 aliphatic carbocycles. The Morgan fingerprint density at radius 3 is 2.50 bits per heavy atom. The van der Waals surface area contributed by atoms with E-state index in [1.807, 2.05) is 44.2 Å². The molecular weight excluding hydrogens is 453 g/mol. The van der Waals surface area contributed by atoms with E-state index < -0.39 is 16.6 Å². The van der Waals surface area contributed by atoms with Gasteiger partial charge in [-0.1, -0.05) is 24.3 Å². The fourth-order valence-corrected chi connectivity index (χ4v) is 5.81. The van der Waals surface area contributed by atoms with Gasteiger partial charge in [-0.2, -0.15) is 0 Å². The van der Waals surface area contributed by atoms with E-state index in [-0.39, 0.29) is 24.1 Å². The van der Waals surface area contributed by atoms with E-state index in [2.05, 4.69) is 5.32 Å². The van der Waals surface area contributed by atoms with Crippen LogP contribution in [0.2, 0.25) is 0 Å². The second-order valence-corrected chi connectivity index (χ2v) is 9.56. The molecule has 6 nitrogen and oxygen atoms in total. The number of halogens is 1. The first-order valence-electron chi connectivity index (χ1n) is 10.8. The van der Waals surface area contributed by atoms with E-state index in [9.17, 15) is 18.8 Å². The number of rotatable bonds is 4. The van der Waals surface area contributed by atoms with Crippen molar-refractivity contribution in [1.29, 1.82) is 0 Å². The number of anilines is 3. The van der Waals surface area contributed by atoms with Crippen molar-refractivity contribution >= 4 is 46.5 Å². The molecule has 3 amide bonds. The van der Waals surface area contributed by atoms with Crippen LogP contribution in [0.3, 0.4) is 0 Å². The zero-order chi connectivity index (χ0) is 24.0. The van der Waals surface area contributed by atoms with Crippen molar-refractivity contribution < 1.29 is 18.8 Å². The molecule has 172 valence electrons. The summed E-state index contributed by atoms with van der Waals surface area (Å²) >= 11 is 1.27. The SMILES string of the molecule is Cc1ccc(N2C(=O)CS[C@]23C(=O)N(CC(=O)Nc2ccc(F)cc2)c2ccccc23)cc1C. The van der Waals surface area contributed by atoms with Crippen LogP contribution < -0.4 is 15.1 Å². The highest BCUT2D eigenvalue weighted by atomic mass is 32.2. The van der Waals surface area contributed by atoms with Gasteiger partial charge in [-0.3, -0.25) is 24.2 Å². The van der Waals surface area contributed by atoms with E-state index in [1.165, 1.54) is 40.9 Å². The minimum Gasteiger partial charge on any atom is -0.325 e. The second kappa shape index (κ2) is 8.29. The van der Waals surface area contributed by atoms with Crippen molar-refractivity contribution in [1.82, 2.24) is 0 Å². The molecule has 3 aromatic carbocycles. The van der Waals surface area contributed by atoms with Gasteiger partial charge < -0.3 is 5.32 Å². The maximum Gasteiger partial charge on any atom is 0.269 e. The number of aryl methyl sites for hydroxylation is 2. The van der Waals surface area contributed by atoms with Crippen LogP contribution in [0.15, 0.2) is 66.7 Å². The summed E-state index contributed by atoms with van der Waals surface area (Å²) in [6.07, 6.45) is 0. The van der Waals surface area contributed by atoms with Crippen molar-refractivity contribution in [2.45, 2.75) is 18.7 Å². The molecule has 1 N–H and O–H groups in total. The number of thioether (sulfide) groups is 1. The lowest BCUT2D eigenvalue weighted by Crippen LogP contribution is -2.50. The quantitative estimate of drug-likeness (QED) is 0.609. The maximum absolute atomic E-state index is 14.0. The Labute approximate surface area is 200 Å². The molecule has 2 heterocycles. The number of para-hydroxylation sites is 1. The van der Waals surface area contributed by atoms with Crippen LogP contribution in [-0.4, -0.2) is 30.0 Å². The standard InChI is InChI=1S/C26H22FN3O3S/c1-16-7-12-20(13-17(16)2)30-24(32)15-34-26(30)21-5-3-4-6-22(21)29(25(26)33)14-23(31)28-19-10-8-18(27)9-11-19/h3-13H,14-15H2,1-2H3,(H,28,31)/t26-/m1/s1. The summed E-state index contributed by atoms with van der Waals surface area (Å²) in [5, 5.41) is 2.70. The Morgan fingerprint density at radius 1 is 1.03 bits per heavy atom. The first-order valence-corrected chi connectivity index (χ1v) is 11.8. The largest absolute Gasteiger partial charge is 0.325 e. The molecule has 34 heavy (non-hydrogen) atoms. The van der Waals surface area contributed by atoms with Crippen molar-refractivity contribution in [2.75, 3.05) is 27.4 Å². The Balaban J connectivity index is 1.52. The van der Waals surface area contributed by atoms with E-state index >= 15 is 0 Å². The predicted molar refractivity (Wildman–Crippen MR) is 131 cm³/mol. The van der Waals surface area contributed by atoms with Crippen LogP contribution >= 0.6 is 11.8 Å². The topological polar surface area (TPSA) is 69.7 Å². The second-order valence-electron chi connectivity index (χ2n) is 8.39. The van der Waals surface area contributed by atoms with Crippen LogP contribution in [0.1, 0.15) is 16.7 Å². The average Bonchev–Trinajstić information content (AvgIpc) is 3.28. The third-order valence-corrected chi connectivity index (χ3v) is 7.63. The molecule has 1 saturated heterocycles. The highest BCUT2D eigenvalue weighted by molar-refractivity contribution is 8.02. The average molecular weight is 476 g/mol. The van der Waals surface area contributed by atoms with Gasteiger partial charge in [-0.25, -0.2) is 4.39 Å². The Morgan fingerprint density at radius 2 is 1.76 bits per heavy atom. The van der Waals surface area contributed by atoms with Gasteiger partial charge in [-0.05, 0) is 67.4 Å². The van der Waals surface area contributed by atoms with Crippen molar-refractivity contribution in [3.63, 3.8) is 0 Å². The van der Waals surface area contributed by atoms with Gasteiger partial charge in [0.15, 0.2) is 0 Å². The molecule has 0 saturated carbocycles. The van der Waals surface area contributed by atoms with Crippen LogP contribution in [-0.2, 0) is 19.3 Å². The summed E-state index contributed by atoms with van der Waals surface area (Å²) in [6.45, 7) is 3.73. The zero-order valence-corrected chi connectivity index (χ0v) is 19.5. The third-order valence-electron chi connectivity index (χ3n) is 6.24.